The molecule has 0 unspecified atom stereocenters. The van der Waals surface area contributed by atoms with Crippen LogP contribution in [0.15, 0.2) is 79.0 Å². The lowest BCUT2D eigenvalue weighted by atomic mass is 10.1. The quantitative estimate of drug-likeness (QED) is 0.355. The number of aliphatic hydroxyl groups is 1. The molecule has 1 aromatic heterocycles. The summed E-state index contributed by atoms with van der Waals surface area (Å²) in [5.74, 6) is 1.45. The second kappa shape index (κ2) is 11.4. The molecule has 186 valence electrons. The van der Waals surface area contributed by atoms with E-state index in [0.717, 1.165) is 79.1 Å². The number of carbonyl (C=O) groups is 1. The molecule has 1 saturated heterocycles. The van der Waals surface area contributed by atoms with Crippen molar-refractivity contribution in [3.8, 4) is 11.5 Å². The van der Waals surface area contributed by atoms with Gasteiger partial charge < -0.3 is 20.1 Å². The van der Waals surface area contributed by atoms with Crippen molar-refractivity contribution in [3.05, 3.63) is 84.6 Å². The molecule has 0 aliphatic carbocycles. The van der Waals surface area contributed by atoms with Gasteiger partial charge in [0.2, 0.25) is 5.91 Å². The Balaban J connectivity index is 1.15. The van der Waals surface area contributed by atoms with E-state index in [0.29, 0.717) is 0 Å². The minimum absolute atomic E-state index is 0.0653. The lowest BCUT2D eigenvalue weighted by molar-refractivity contribution is -0.115. The van der Waals surface area contributed by atoms with E-state index in [1.807, 2.05) is 83.7 Å². The first kappa shape index (κ1) is 24.0. The predicted molar refractivity (Wildman–Crippen MR) is 141 cm³/mol. The number of nitrogens with zero attached hydrogens (tertiary/aromatic N) is 3. The Kier molecular flexibility index (Phi) is 7.59. The first-order chi connectivity index (χ1) is 17.6. The summed E-state index contributed by atoms with van der Waals surface area (Å²) >= 11 is 0. The minimum atomic E-state index is -0.141. The van der Waals surface area contributed by atoms with Crippen LogP contribution in [-0.2, 0) is 17.8 Å². The number of carbonyl (C=O) groups excluding carboxylic acids is 1. The van der Waals surface area contributed by atoms with Crippen LogP contribution < -0.4 is 10.1 Å². The summed E-state index contributed by atoms with van der Waals surface area (Å²) in [5.41, 5.74) is 2.71. The van der Waals surface area contributed by atoms with Crippen molar-refractivity contribution in [1.29, 1.82) is 0 Å². The van der Waals surface area contributed by atoms with E-state index < -0.39 is 0 Å². The highest BCUT2D eigenvalue weighted by Gasteiger charge is 2.16. The predicted octanol–water partition coefficient (Wildman–Crippen LogP) is 4.86. The number of amides is 1. The van der Waals surface area contributed by atoms with Gasteiger partial charge in [0.15, 0.2) is 0 Å². The van der Waals surface area contributed by atoms with Gasteiger partial charge in [-0.25, -0.2) is 0 Å². The molecule has 36 heavy (non-hydrogen) atoms. The van der Waals surface area contributed by atoms with Gasteiger partial charge in [0.05, 0.1) is 24.2 Å². The smallest absolute Gasteiger partial charge is 0.228 e. The number of para-hydroxylation sites is 1. The van der Waals surface area contributed by atoms with Crippen LogP contribution in [0.2, 0.25) is 0 Å². The number of ether oxygens (including phenoxy) is 1. The van der Waals surface area contributed by atoms with Gasteiger partial charge >= 0.3 is 0 Å². The van der Waals surface area contributed by atoms with Crippen LogP contribution in [0.3, 0.4) is 0 Å². The van der Waals surface area contributed by atoms with Crippen LogP contribution in [0.5, 0.6) is 11.5 Å². The number of hydrogen-bond donors (Lipinski definition) is 2. The van der Waals surface area contributed by atoms with E-state index in [-0.39, 0.29) is 18.4 Å². The summed E-state index contributed by atoms with van der Waals surface area (Å²) in [4.78, 5) is 15.1. The van der Waals surface area contributed by atoms with Crippen LogP contribution in [-0.4, -0.2) is 51.4 Å². The molecule has 2 heterocycles. The molecule has 7 heteroatoms. The zero-order valence-corrected chi connectivity index (χ0v) is 20.3. The maximum absolute atomic E-state index is 12.7. The van der Waals surface area contributed by atoms with Gasteiger partial charge in [0, 0.05) is 30.7 Å². The number of piperidine rings is 1. The van der Waals surface area contributed by atoms with Crippen LogP contribution in [0.25, 0.3) is 10.9 Å². The highest BCUT2D eigenvalue weighted by molar-refractivity contribution is 5.94. The highest BCUT2D eigenvalue weighted by atomic mass is 16.5. The van der Waals surface area contributed by atoms with Crippen molar-refractivity contribution < 1.29 is 14.6 Å². The molecule has 0 atom stereocenters. The Morgan fingerprint density at radius 2 is 1.72 bits per heavy atom. The molecule has 1 fully saturated rings. The third-order valence-electron chi connectivity index (χ3n) is 6.60. The number of benzene rings is 3. The fourth-order valence-corrected chi connectivity index (χ4v) is 4.60. The molecule has 0 saturated carbocycles. The monoisotopic (exact) mass is 484 g/mol. The van der Waals surface area contributed by atoms with Gasteiger partial charge in [0.1, 0.15) is 11.5 Å². The van der Waals surface area contributed by atoms with Crippen LogP contribution in [0, 0.1) is 0 Å². The Morgan fingerprint density at radius 1 is 0.972 bits per heavy atom. The molecule has 5 rings (SSSR count). The summed E-state index contributed by atoms with van der Waals surface area (Å²) in [6.45, 7) is 3.73. The number of fused-ring (bicyclic) bond motifs is 1. The number of aryl methyl sites for hydroxylation is 1. The van der Waals surface area contributed by atoms with E-state index in [4.69, 9.17) is 4.74 Å². The number of aromatic nitrogens is 2. The Hall–Kier alpha value is -3.68. The fourth-order valence-electron chi connectivity index (χ4n) is 4.60. The summed E-state index contributed by atoms with van der Waals surface area (Å²) in [6.07, 6.45) is 4.73. The standard InChI is InChI=1S/C29H32N4O3/c34-25-13-17-32(18-14-25)15-4-16-33-28-20-24(10-9-23(28)21-30-33)31-29(35)19-22-7-11-27(12-8-22)36-26-5-2-1-3-6-26/h1-3,5-12,20-21,25,34H,4,13-19H2,(H,31,35). The SMILES string of the molecule is O=C(Cc1ccc(Oc2ccccc2)cc1)Nc1ccc2cnn(CCCN3CCC(O)CC3)c2c1. The van der Waals surface area contributed by atoms with Crippen molar-refractivity contribution in [1.82, 2.24) is 14.7 Å². The van der Waals surface area contributed by atoms with Gasteiger partial charge in [-0.2, -0.15) is 5.10 Å². The molecule has 0 bridgehead atoms. The number of likely N-dealkylation sites (tertiary alicyclic amines) is 1. The maximum Gasteiger partial charge on any atom is 0.228 e. The average Bonchev–Trinajstić information content (AvgIpc) is 3.29. The Morgan fingerprint density at radius 3 is 2.50 bits per heavy atom. The van der Waals surface area contributed by atoms with E-state index in [2.05, 4.69) is 15.3 Å². The van der Waals surface area contributed by atoms with Crippen LogP contribution in [0.1, 0.15) is 24.8 Å². The summed E-state index contributed by atoms with van der Waals surface area (Å²) in [7, 11) is 0. The number of anilines is 1. The topological polar surface area (TPSA) is 79.6 Å². The van der Waals surface area contributed by atoms with Gasteiger partial charge in [-0.3, -0.25) is 9.48 Å². The molecule has 3 aromatic carbocycles. The molecule has 2 N–H and O–H groups in total. The Bertz CT molecular complexity index is 1280. The molecule has 1 aliphatic rings. The molecular weight excluding hydrogens is 452 g/mol. The van der Waals surface area contributed by atoms with Crippen LogP contribution in [0.4, 0.5) is 5.69 Å². The lowest BCUT2D eigenvalue weighted by Gasteiger charge is -2.29. The van der Waals surface area contributed by atoms with Crippen molar-refractivity contribution in [3.63, 3.8) is 0 Å². The fraction of sp³-hybridized carbons (Fsp3) is 0.310. The third kappa shape index (κ3) is 6.30. The number of aliphatic hydroxyl groups excluding tert-OH is 1. The molecular formula is C29H32N4O3. The van der Waals surface area contributed by atoms with Crippen molar-refractivity contribution >= 4 is 22.5 Å². The summed E-state index contributed by atoms with van der Waals surface area (Å²) < 4.78 is 7.83. The largest absolute Gasteiger partial charge is 0.457 e. The van der Waals surface area contributed by atoms with Crippen molar-refractivity contribution in [2.45, 2.75) is 38.3 Å². The van der Waals surface area contributed by atoms with E-state index >= 15 is 0 Å². The molecule has 4 aromatic rings. The molecule has 1 aliphatic heterocycles. The lowest BCUT2D eigenvalue weighted by Crippen LogP contribution is -2.36. The van der Waals surface area contributed by atoms with Gasteiger partial charge in [-0.15, -0.1) is 0 Å². The maximum atomic E-state index is 12.7. The first-order valence-electron chi connectivity index (χ1n) is 12.6. The van der Waals surface area contributed by atoms with Gasteiger partial charge in [0.25, 0.3) is 0 Å². The zero-order chi connectivity index (χ0) is 24.7. The van der Waals surface area contributed by atoms with Crippen molar-refractivity contribution in [2.75, 3.05) is 25.0 Å². The van der Waals surface area contributed by atoms with E-state index in [9.17, 15) is 9.90 Å². The molecule has 0 spiro atoms. The van der Waals surface area contributed by atoms with Gasteiger partial charge in [-0.1, -0.05) is 30.3 Å². The molecule has 0 radical (unpaired) electrons. The second-order valence-corrected chi connectivity index (χ2v) is 9.35. The highest BCUT2D eigenvalue weighted by Crippen LogP contribution is 2.22. The summed E-state index contributed by atoms with van der Waals surface area (Å²) in [6, 6.07) is 23.1. The normalized spacial score (nSPS) is 14.7. The zero-order valence-electron chi connectivity index (χ0n) is 20.3. The van der Waals surface area contributed by atoms with E-state index in [1.165, 1.54) is 0 Å². The van der Waals surface area contributed by atoms with Crippen LogP contribution >= 0.6 is 0 Å². The van der Waals surface area contributed by atoms with E-state index in [1.54, 1.807) is 0 Å². The van der Waals surface area contributed by atoms with Crippen molar-refractivity contribution in [2.24, 2.45) is 0 Å². The summed E-state index contributed by atoms with van der Waals surface area (Å²) in [5, 5.41) is 18.3. The third-order valence-corrected chi connectivity index (χ3v) is 6.60. The Labute approximate surface area is 211 Å². The molecule has 7 nitrogen and oxygen atoms in total. The number of hydrogen-bond acceptors (Lipinski definition) is 5. The number of rotatable bonds is 9. The number of nitrogens with one attached hydrogen (secondary N) is 1. The minimum Gasteiger partial charge on any atom is -0.457 e. The van der Waals surface area contributed by atoms with Gasteiger partial charge in [-0.05, 0) is 73.8 Å². The first-order valence-corrected chi connectivity index (χ1v) is 12.6. The average molecular weight is 485 g/mol. The second-order valence-electron chi connectivity index (χ2n) is 9.35. The molecule has 1 amide bonds.